The Bertz CT molecular complexity index is 650. The first-order chi connectivity index (χ1) is 12.9. The van der Waals surface area contributed by atoms with Gasteiger partial charge in [-0.3, -0.25) is 9.79 Å². The Kier molecular flexibility index (Phi) is 7.51. The molecule has 0 aromatic heterocycles. The normalized spacial score (nSPS) is 16.2. The second-order valence-electron chi connectivity index (χ2n) is 7.82. The Balaban J connectivity index is 1.95. The largest absolute Gasteiger partial charge is 0.372 e. The predicted octanol–water partition coefficient (Wildman–Crippen LogP) is 2.68. The molecule has 0 saturated carbocycles. The van der Waals surface area contributed by atoms with Gasteiger partial charge < -0.3 is 20.9 Å². The maximum Gasteiger partial charge on any atom is 0.227 e. The van der Waals surface area contributed by atoms with E-state index in [1.807, 2.05) is 20.8 Å². The van der Waals surface area contributed by atoms with Crippen LogP contribution in [0.25, 0.3) is 0 Å². The van der Waals surface area contributed by atoms with Crippen molar-refractivity contribution < 1.29 is 4.79 Å². The van der Waals surface area contributed by atoms with Gasteiger partial charge in [0.1, 0.15) is 0 Å². The van der Waals surface area contributed by atoms with Crippen molar-refractivity contribution in [2.24, 2.45) is 10.4 Å². The highest BCUT2D eigenvalue weighted by Gasteiger charge is 2.27. The molecule has 150 valence electrons. The molecule has 1 saturated heterocycles. The van der Waals surface area contributed by atoms with E-state index in [0.717, 1.165) is 13.1 Å². The molecule has 6 heteroatoms. The van der Waals surface area contributed by atoms with Crippen LogP contribution in [0.5, 0.6) is 0 Å². The molecule has 1 aromatic rings. The van der Waals surface area contributed by atoms with Crippen LogP contribution in [-0.2, 0) is 4.79 Å². The number of guanidine groups is 1. The van der Waals surface area contributed by atoms with Crippen LogP contribution in [-0.4, -0.2) is 45.1 Å². The van der Waals surface area contributed by atoms with Crippen molar-refractivity contribution in [1.82, 2.24) is 16.0 Å². The van der Waals surface area contributed by atoms with Gasteiger partial charge in [-0.25, -0.2) is 0 Å². The molecule has 1 fully saturated rings. The zero-order chi connectivity index (χ0) is 19.9. The number of nitrogens with one attached hydrogen (secondary N) is 3. The Morgan fingerprint density at radius 3 is 2.59 bits per heavy atom. The van der Waals surface area contributed by atoms with Crippen molar-refractivity contribution in [3.05, 3.63) is 29.8 Å². The van der Waals surface area contributed by atoms with Crippen molar-refractivity contribution in [2.75, 3.05) is 38.1 Å². The van der Waals surface area contributed by atoms with Crippen molar-refractivity contribution in [2.45, 2.75) is 46.6 Å². The minimum atomic E-state index is -0.507. The third-order valence-electron chi connectivity index (χ3n) is 5.07. The highest BCUT2D eigenvalue weighted by atomic mass is 16.2. The summed E-state index contributed by atoms with van der Waals surface area (Å²) in [4.78, 5) is 18.9. The second kappa shape index (κ2) is 9.62. The fourth-order valence-electron chi connectivity index (χ4n) is 3.23. The van der Waals surface area contributed by atoms with Gasteiger partial charge in [0, 0.05) is 38.9 Å². The standard InChI is InChI=1S/C21H35N5O/c1-6-23-19(27)21(3,4)15-24-20(22-5)25-16(2)17-10-9-11-18(14-17)26-12-7-8-13-26/h9-11,14,16H,6-8,12-13,15H2,1-5H3,(H,23,27)(H2,22,24,25). The fourth-order valence-corrected chi connectivity index (χ4v) is 3.23. The maximum absolute atomic E-state index is 12.2. The molecule has 1 amide bonds. The quantitative estimate of drug-likeness (QED) is 0.508. The van der Waals surface area contributed by atoms with Crippen LogP contribution in [0.3, 0.4) is 0 Å². The maximum atomic E-state index is 12.2. The van der Waals surface area contributed by atoms with E-state index < -0.39 is 5.41 Å². The number of aliphatic imine (C=N–C) groups is 1. The summed E-state index contributed by atoms with van der Waals surface area (Å²) in [5.74, 6) is 0.741. The highest BCUT2D eigenvalue weighted by Crippen LogP contribution is 2.24. The molecular formula is C21H35N5O. The lowest BCUT2D eigenvalue weighted by molar-refractivity contribution is -0.128. The Morgan fingerprint density at radius 1 is 1.26 bits per heavy atom. The van der Waals surface area contributed by atoms with Gasteiger partial charge in [-0.2, -0.15) is 0 Å². The number of rotatable bonds is 7. The number of benzene rings is 1. The zero-order valence-corrected chi connectivity index (χ0v) is 17.4. The molecule has 1 aromatic carbocycles. The molecule has 0 bridgehead atoms. The van der Waals surface area contributed by atoms with Crippen LogP contribution in [0.4, 0.5) is 5.69 Å². The summed E-state index contributed by atoms with van der Waals surface area (Å²) in [7, 11) is 1.75. The van der Waals surface area contributed by atoms with Crippen LogP contribution < -0.4 is 20.9 Å². The lowest BCUT2D eigenvalue weighted by Gasteiger charge is -2.26. The SMILES string of the molecule is CCNC(=O)C(C)(C)CNC(=NC)NC(C)c1cccc(N2CCCC2)c1. The summed E-state index contributed by atoms with van der Waals surface area (Å²) < 4.78 is 0. The van der Waals surface area contributed by atoms with E-state index in [0.29, 0.717) is 19.0 Å². The minimum absolute atomic E-state index is 0.0410. The van der Waals surface area contributed by atoms with Crippen LogP contribution in [0, 0.1) is 5.41 Å². The lowest BCUT2D eigenvalue weighted by atomic mass is 9.92. The Labute approximate surface area is 163 Å². The van der Waals surface area contributed by atoms with Gasteiger partial charge in [-0.1, -0.05) is 12.1 Å². The third kappa shape index (κ3) is 5.88. The van der Waals surface area contributed by atoms with Crippen molar-refractivity contribution in [3.63, 3.8) is 0 Å². The molecule has 3 N–H and O–H groups in total. The molecule has 2 rings (SSSR count). The number of nitrogens with zero attached hydrogens (tertiary/aromatic N) is 2. The Morgan fingerprint density at radius 2 is 1.96 bits per heavy atom. The van der Waals surface area contributed by atoms with Crippen LogP contribution in [0.1, 0.15) is 52.1 Å². The first kappa shape index (κ1) is 21.1. The first-order valence-electron chi connectivity index (χ1n) is 9.97. The average molecular weight is 374 g/mol. The molecular weight excluding hydrogens is 338 g/mol. The van der Waals surface area contributed by atoms with E-state index in [-0.39, 0.29) is 11.9 Å². The summed E-state index contributed by atoms with van der Waals surface area (Å²) in [6.45, 7) is 11.4. The van der Waals surface area contributed by atoms with Gasteiger partial charge in [0.15, 0.2) is 5.96 Å². The molecule has 1 aliphatic heterocycles. The van der Waals surface area contributed by atoms with Crippen molar-refractivity contribution >= 4 is 17.6 Å². The van der Waals surface area contributed by atoms with Gasteiger partial charge >= 0.3 is 0 Å². The second-order valence-corrected chi connectivity index (χ2v) is 7.82. The van der Waals surface area contributed by atoms with Crippen molar-refractivity contribution in [1.29, 1.82) is 0 Å². The molecule has 1 atom stereocenters. The summed E-state index contributed by atoms with van der Waals surface area (Å²) >= 11 is 0. The zero-order valence-electron chi connectivity index (χ0n) is 17.4. The van der Waals surface area contributed by atoms with Gasteiger partial charge in [-0.05, 0) is 58.2 Å². The monoisotopic (exact) mass is 373 g/mol. The summed E-state index contributed by atoms with van der Waals surface area (Å²) in [6.07, 6.45) is 2.55. The number of hydrogen-bond donors (Lipinski definition) is 3. The van der Waals surface area contributed by atoms with E-state index in [4.69, 9.17) is 0 Å². The topological polar surface area (TPSA) is 68.8 Å². The molecule has 6 nitrogen and oxygen atoms in total. The number of carbonyl (C=O) groups excluding carboxylic acids is 1. The first-order valence-corrected chi connectivity index (χ1v) is 9.97. The molecule has 1 heterocycles. The third-order valence-corrected chi connectivity index (χ3v) is 5.07. The lowest BCUT2D eigenvalue weighted by Crippen LogP contribution is -2.48. The smallest absolute Gasteiger partial charge is 0.227 e. The van der Waals surface area contributed by atoms with E-state index in [2.05, 4.69) is 57.0 Å². The molecule has 27 heavy (non-hydrogen) atoms. The van der Waals surface area contributed by atoms with Crippen LogP contribution >= 0.6 is 0 Å². The van der Waals surface area contributed by atoms with Crippen LogP contribution in [0.2, 0.25) is 0 Å². The van der Waals surface area contributed by atoms with E-state index in [1.54, 1.807) is 7.05 Å². The average Bonchev–Trinajstić information content (AvgIpc) is 3.20. The van der Waals surface area contributed by atoms with Gasteiger partial charge in [0.05, 0.1) is 11.5 Å². The number of carbonyl (C=O) groups is 1. The van der Waals surface area contributed by atoms with Crippen molar-refractivity contribution in [3.8, 4) is 0 Å². The number of amides is 1. The highest BCUT2D eigenvalue weighted by molar-refractivity contribution is 5.84. The molecule has 1 unspecified atom stereocenters. The fraction of sp³-hybridized carbons (Fsp3) is 0.619. The van der Waals surface area contributed by atoms with Gasteiger partial charge in [-0.15, -0.1) is 0 Å². The molecule has 1 aliphatic rings. The van der Waals surface area contributed by atoms with E-state index >= 15 is 0 Å². The van der Waals surface area contributed by atoms with E-state index in [1.165, 1.54) is 24.1 Å². The van der Waals surface area contributed by atoms with Crippen LogP contribution in [0.15, 0.2) is 29.3 Å². The Hall–Kier alpha value is -2.24. The van der Waals surface area contributed by atoms with Gasteiger partial charge in [0.25, 0.3) is 0 Å². The summed E-state index contributed by atoms with van der Waals surface area (Å²) in [5, 5.41) is 9.60. The molecule has 0 aliphatic carbocycles. The number of hydrogen-bond acceptors (Lipinski definition) is 3. The number of anilines is 1. The summed E-state index contributed by atoms with van der Waals surface area (Å²) in [5.41, 5.74) is 2.01. The van der Waals surface area contributed by atoms with E-state index in [9.17, 15) is 4.79 Å². The predicted molar refractivity (Wildman–Crippen MR) is 113 cm³/mol. The molecule has 0 radical (unpaired) electrons. The minimum Gasteiger partial charge on any atom is -0.372 e. The molecule has 0 spiro atoms. The van der Waals surface area contributed by atoms with Gasteiger partial charge in [0.2, 0.25) is 5.91 Å². The summed E-state index contributed by atoms with van der Waals surface area (Å²) in [6, 6.07) is 8.82.